The molecule has 1 amide bonds. The van der Waals surface area contributed by atoms with Gasteiger partial charge in [-0.15, -0.1) is 11.3 Å². The fraction of sp³-hybridized carbons (Fsp3) is 0.0952. The average molecular weight is 460 g/mol. The van der Waals surface area contributed by atoms with E-state index in [1.807, 2.05) is 6.07 Å². The van der Waals surface area contributed by atoms with Gasteiger partial charge in [0.25, 0.3) is 5.91 Å². The van der Waals surface area contributed by atoms with Crippen molar-refractivity contribution in [2.75, 3.05) is 12.4 Å². The van der Waals surface area contributed by atoms with Crippen LogP contribution >= 0.6 is 34.5 Å². The van der Waals surface area contributed by atoms with Gasteiger partial charge in [0.2, 0.25) is 0 Å². The fourth-order valence-corrected chi connectivity index (χ4v) is 3.44. The van der Waals surface area contributed by atoms with E-state index in [1.54, 1.807) is 48.0 Å². The summed E-state index contributed by atoms with van der Waals surface area (Å²) in [5.41, 5.74) is 1.32. The number of hydrogen-bond acceptors (Lipinski definition) is 6. The van der Waals surface area contributed by atoms with Crippen LogP contribution in [-0.2, 0) is 11.4 Å². The van der Waals surface area contributed by atoms with Gasteiger partial charge in [0, 0.05) is 27.2 Å². The van der Waals surface area contributed by atoms with E-state index in [-0.39, 0.29) is 12.2 Å². The van der Waals surface area contributed by atoms with Crippen molar-refractivity contribution < 1.29 is 14.3 Å². The molecule has 1 heterocycles. The maximum atomic E-state index is 12.3. The lowest BCUT2D eigenvalue weighted by molar-refractivity contribution is -0.112. The van der Waals surface area contributed by atoms with Crippen LogP contribution in [0.5, 0.6) is 11.5 Å². The number of halogens is 2. The van der Waals surface area contributed by atoms with Crippen LogP contribution in [-0.4, -0.2) is 18.0 Å². The summed E-state index contributed by atoms with van der Waals surface area (Å²) in [4.78, 5) is 16.2. The van der Waals surface area contributed by atoms with Crippen LogP contribution in [0.3, 0.4) is 0 Å². The molecule has 9 heteroatoms. The number of rotatable bonds is 7. The topological polar surface area (TPSA) is 84.2 Å². The molecule has 0 radical (unpaired) electrons. The third-order valence-corrected chi connectivity index (χ3v) is 5.19. The molecule has 30 heavy (non-hydrogen) atoms. The highest BCUT2D eigenvalue weighted by molar-refractivity contribution is 7.13. The molecule has 0 aliphatic carbocycles. The molecule has 0 spiro atoms. The van der Waals surface area contributed by atoms with Crippen molar-refractivity contribution in [3.05, 3.63) is 74.7 Å². The van der Waals surface area contributed by atoms with Crippen molar-refractivity contribution in [1.29, 1.82) is 5.26 Å². The Morgan fingerprint density at radius 2 is 2.10 bits per heavy atom. The Bertz CT molecular complexity index is 1130. The molecule has 0 fully saturated rings. The van der Waals surface area contributed by atoms with E-state index in [9.17, 15) is 10.1 Å². The van der Waals surface area contributed by atoms with E-state index >= 15 is 0 Å². The second-order valence-electron chi connectivity index (χ2n) is 5.90. The first-order valence-electron chi connectivity index (χ1n) is 8.57. The largest absolute Gasteiger partial charge is 0.493 e. The summed E-state index contributed by atoms with van der Waals surface area (Å²) in [6, 6.07) is 12.2. The zero-order chi connectivity index (χ0) is 21.5. The Kier molecular flexibility index (Phi) is 7.31. The number of ether oxygens (including phenoxy) is 2. The number of aromatic nitrogens is 1. The standard InChI is InChI=1S/C21H15Cl2N3O3S/c1-28-19-9-13(8-15(11-24)20(27)26-21-25-6-7-30-21)2-5-18(19)29-12-14-3-4-16(22)10-17(14)23/h2-10H,12H2,1H3,(H,25,26,27). The van der Waals surface area contributed by atoms with E-state index in [4.69, 9.17) is 32.7 Å². The van der Waals surface area contributed by atoms with Gasteiger partial charge in [-0.2, -0.15) is 5.26 Å². The summed E-state index contributed by atoms with van der Waals surface area (Å²) in [6.45, 7) is 0.223. The summed E-state index contributed by atoms with van der Waals surface area (Å²) in [5, 5.41) is 15.1. The molecule has 3 aromatic rings. The van der Waals surface area contributed by atoms with Crippen LogP contribution < -0.4 is 14.8 Å². The Morgan fingerprint density at radius 1 is 1.27 bits per heavy atom. The van der Waals surface area contributed by atoms with Crippen LogP contribution in [0.1, 0.15) is 11.1 Å². The molecule has 0 aliphatic rings. The van der Waals surface area contributed by atoms with Gasteiger partial charge in [-0.25, -0.2) is 4.98 Å². The van der Waals surface area contributed by atoms with Crippen LogP contribution in [0.2, 0.25) is 10.0 Å². The number of nitriles is 1. The normalized spacial score (nSPS) is 10.9. The Morgan fingerprint density at radius 3 is 2.77 bits per heavy atom. The summed E-state index contributed by atoms with van der Waals surface area (Å²) in [5.74, 6) is 0.405. The summed E-state index contributed by atoms with van der Waals surface area (Å²) in [6.07, 6.45) is 3.03. The van der Waals surface area contributed by atoms with E-state index < -0.39 is 5.91 Å². The van der Waals surface area contributed by atoms with Gasteiger partial charge in [0.1, 0.15) is 18.2 Å². The molecule has 1 aromatic heterocycles. The van der Waals surface area contributed by atoms with Crippen molar-refractivity contribution in [2.24, 2.45) is 0 Å². The van der Waals surface area contributed by atoms with Gasteiger partial charge in [-0.1, -0.05) is 35.3 Å². The SMILES string of the molecule is COc1cc(C=C(C#N)C(=O)Nc2nccs2)ccc1OCc1ccc(Cl)cc1Cl. The monoisotopic (exact) mass is 459 g/mol. The van der Waals surface area contributed by atoms with Crippen molar-refractivity contribution in [2.45, 2.75) is 6.61 Å². The van der Waals surface area contributed by atoms with Crippen LogP contribution in [0.15, 0.2) is 53.5 Å². The average Bonchev–Trinajstić information content (AvgIpc) is 3.24. The molecule has 0 saturated heterocycles. The molecule has 0 unspecified atom stereocenters. The number of benzene rings is 2. The molecule has 0 aliphatic heterocycles. The van der Waals surface area contributed by atoms with Crippen molar-refractivity contribution in [3.8, 4) is 17.6 Å². The molecule has 6 nitrogen and oxygen atoms in total. The van der Waals surface area contributed by atoms with Gasteiger partial charge in [0.15, 0.2) is 16.6 Å². The lowest BCUT2D eigenvalue weighted by Gasteiger charge is -2.12. The Labute approximate surface area is 187 Å². The van der Waals surface area contributed by atoms with Crippen molar-refractivity contribution >= 4 is 51.7 Å². The van der Waals surface area contributed by atoms with Crippen LogP contribution in [0.25, 0.3) is 6.08 Å². The lowest BCUT2D eigenvalue weighted by Crippen LogP contribution is -2.13. The zero-order valence-electron chi connectivity index (χ0n) is 15.7. The highest BCUT2D eigenvalue weighted by atomic mass is 35.5. The van der Waals surface area contributed by atoms with Crippen molar-refractivity contribution in [1.82, 2.24) is 4.98 Å². The quantitative estimate of drug-likeness (QED) is 0.368. The minimum atomic E-state index is -0.538. The van der Waals surface area contributed by atoms with E-state index in [2.05, 4.69) is 10.3 Å². The molecule has 152 valence electrons. The first-order valence-corrected chi connectivity index (χ1v) is 10.2. The molecule has 2 aromatic carbocycles. The highest BCUT2D eigenvalue weighted by Crippen LogP contribution is 2.31. The first-order chi connectivity index (χ1) is 14.5. The van der Waals surface area contributed by atoms with Crippen LogP contribution in [0, 0.1) is 11.3 Å². The van der Waals surface area contributed by atoms with E-state index in [1.165, 1.54) is 24.5 Å². The molecule has 0 saturated carbocycles. The summed E-state index contributed by atoms with van der Waals surface area (Å²) in [7, 11) is 1.51. The first kappa shape index (κ1) is 21.7. The minimum Gasteiger partial charge on any atom is -0.493 e. The number of methoxy groups -OCH3 is 1. The number of carbonyl (C=O) groups is 1. The Hall–Kier alpha value is -3.05. The molecular formula is C21H15Cl2N3O3S. The van der Waals surface area contributed by atoms with Gasteiger partial charge in [0.05, 0.1) is 7.11 Å². The number of thiazole rings is 1. The van der Waals surface area contributed by atoms with Crippen LogP contribution in [0.4, 0.5) is 5.13 Å². The smallest absolute Gasteiger partial charge is 0.268 e. The van der Waals surface area contributed by atoms with E-state index in [0.717, 1.165) is 5.56 Å². The predicted molar refractivity (Wildman–Crippen MR) is 118 cm³/mol. The molecular weight excluding hydrogens is 445 g/mol. The third-order valence-electron chi connectivity index (χ3n) is 3.91. The van der Waals surface area contributed by atoms with Crippen molar-refractivity contribution in [3.63, 3.8) is 0 Å². The zero-order valence-corrected chi connectivity index (χ0v) is 18.0. The number of amides is 1. The Balaban J connectivity index is 1.76. The number of carbonyl (C=O) groups excluding carboxylic acids is 1. The number of nitrogens with one attached hydrogen (secondary N) is 1. The second-order valence-corrected chi connectivity index (χ2v) is 7.63. The predicted octanol–water partition coefficient (Wildman–Crippen LogP) is 5.58. The molecule has 1 N–H and O–H groups in total. The van der Waals surface area contributed by atoms with Gasteiger partial charge in [-0.05, 0) is 35.9 Å². The number of nitrogens with zero attached hydrogens (tertiary/aromatic N) is 2. The molecule has 3 rings (SSSR count). The van der Waals surface area contributed by atoms with Gasteiger partial charge < -0.3 is 9.47 Å². The third kappa shape index (κ3) is 5.51. The van der Waals surface area contributed by atoms with Gasteiger partial charge >= 0.3 is 0 Å². The number of anilines is 1. The fourth-order valence-electron chi connectivity index (χ4n) is 2.45. The summed E-state index contributed by atoms with van der Waals surface area (Å²) < 4.78 is 11.2. The molecule has 0 atom stereocenters. The number of hydrogen-bond donors (Lipinski definition) is 1. The highest BCUT2D eigenvalue weighted by Gasteiger charge is 2.12. The maximum absolute atomic E-state index is 12.3. The summed E-state index contributed by atoms with van der Waals surface area (Å²) >= 11 is 13.3. The van der Waals surface area contributed by atoms with E-state index in [0.29, 0.717) is 32.2 Å². The molecule has 0 bridgehead atoms. The van der Waals surface area contributed by atoms with Gasteiger partial charge in [-0.3, -0.25) is 10.1 Å². The maximum Gasteiger partial charge on any atom is 0.268 e. The second kappa shape index (κ2) is 10.1. The minimum absolute atomic E-state index is 0.0612. The lowest BCUT2D eigenvalue weighted by atomic mass is 10.1.